The van der Waals surface area contributed by atoms with Crippen LogP contribution < -0.4 is 5.32 Å². The average Bonchev–Trinajstić information content (AvgIpc) is 2.71. The van der Waals surface area contributed by atoms with Crippen molar-refractivity contribution in [3.05, 3.63) is 24.2 Å². The van der Waals surface area contributed by atoms with Crippen molar-refractivity contribution in [2.24, 2.45) is 5.92 Å². The third kappa shape index (κ3) is 2.16. The first-order valence-corrected chi connectivity index (χ1v) is 5.27. The van der Waals surface area contributed by atoms with Crippen LogP contribution >= 0.6 is 0 Å². The fourth-order valence-electron chi connectivity index (χ4n) is 2.12. The summed E-state index contributed by atoms with van der Waals surface area (Å²) in [5.41, 5.74) is 0. The highest BCUT2D eigenvalue weighted by Gasteiger charge is 2.24. The minimum absolute atomic E-state index is 0.276. The van der Waals surface area contributed by atoms with Crippen molar-refractivity contribution in [1.82, 2.24) is 5.32 Å². The van der Waals surface area contributed by atoms with Crippen LogP contribution in [0, 0.1) is 5.92 Å². The molecule has 0 spiro atoms. The van der Waals surface area contributed by atoms with Gasteiger partial charge in [0, 0.05) is 19.1 Å². The van der Waals surface area contributed by atoms with E-state index in [1.54, 1.807) is 6.26 Å². The molecule has 1 fully saturated rings. The minimum atomic E-state index is 0.276. The van der Waals surface area contributed by atoms with Gasteiger partial charge in [-0.3, -0.25) is 0 Å². The van der Waals surface area contributed by atoms with Crippen LogP contribution in [0.1, 0.15) is 18.6 Å². The van der Waals surface area contributed by atoms with Gasteiger partial charge in [-0.2, -0.15) is 0 Å². The predicted molar refractivity (Wildman–Crippen MR) is 54.0 cm³/mol. The fourth-order valence-corrected chi connectivity index (χ4v) is 2.12. The zero-order valence-corrected chi connectivity index (χ0v) is 8.28. The maximum Gasteiger partial charge on any atom is 0.105 e. The number of piperidine rings is 1. The maximum absolute atomic E-state index is 9.22. The second-order valence-electron chi connectivity index (χ2n) is 3.93. The monoisotopic (exact) mass is 195 g/mol. The summed E-state index contributed by atoms with van der Waals surface area (Å²) in [7, 11) is 0. The van der Waals surface area contributed by atoms with Crippen LogP contribution in [0.15, 0.2) is 22.8 Å². The molecule has 1 aromatic heterocycles. The molecule has 0 amide bonds. The lowest BCUT2D eigenvalue weighted by Crippen LogP contribution is -2.44. The van der Waals surface area contributed by atoms with Crippen molar-refractivity contribution in [1.29, 1.82) is 0 Å². The molecule has 2 atom stereocenters. The molecule has 78 valence electrons. The largest absolute Gasteiger partial charge is 0.469 e. The molecule has 2 unspecified atom stereocenters. The van der Waals surface area contributed by atoms with E-state index >= 15 is 0 Å². The Labute approximate surface area is 84.1 Å². The summed E-state index contributed by atoms with van der Waals surface area (Å²) in [5.74, 6) is 1.39. The van der Waals surface area contributed by atoms with Gasteiger partial charge in [0.15, 0.2) is 0 Å². The number of nitrogens with one attached hydrogen (secondary N) is 1. The molecule has 0 aromatic carbocycles. The smallest absolute Gasteiger partial charge is 0.105 e. The summed E-state index contributed by atoms with van der Waals surface area (Å²) in [6, 6.07) is 4.27. The Hall–Kier alpha value is -0.800. The minimum Gasteiger partial charge on any atom is -0.469 e. The van der Waals surface area contributed by atoms with Crippen molar-refractivity contribution in [3.63, 3.8) is 0 Å². The number of hydrogen-bond donors (Lipinski definition) is 2. The summed E-state index contributed by atoms with van der Waals surface area (Å²) in [5, 5.41) is 12.7. The van der Waals surface area contributed by atoms with Crippen molar-refractivity contribution in [2.75, 3.05) is 13.2 Å². The third-order valence-electron chi connectivity index (χ3n) is 2.96. The second kappa shape index (κ2) is 4.62. The molecule has 1 aliphatic rings. The van der Waals surface area contributed by atoms with Crippen LogP contribution in [0.5, 0.6) is 0 Å². The third-order valence-corrected chi connectivity index (χ3v) is 2.96. The van der Waals surface area contributed by atoms with Gasteiger partial charge in [0.05, 0.1) is 6.26 Å². The zero-order valence-electron chi connectivity index (χ0n) is 8.28. The Balaban J connectivity index is 1.94. The van der Waals surface area contributed by atoms with E-state index in [9.17, 15) is 5.11 Å². The molecule has 0 bridgehead atoms. The Morgan fingerprint density at radius 1 is 1.57 bits per heavy atom. The van der Waals surface area contributed by atoms with Gasteiger partial charge in [-0.25, -0.2) is 0 Å². The Bertz CT molecular complexity index is 258. The number of hydrogen-bond acceptors (Lipinski definition) is 3. The summed E-state index contributed by atoms with van der Waals surface area (Å²) in [4.78, 5) is 0. The molecule has 1 aliphatic heterocycles. The Morgan fingerprint density at radius 2 is 2.50 bits per heavy atom. The van der Waals surface area contributed by atoms with Gasteiger partial charge in [0.25, 0.3) is 0 Å². The van der Waals surface area contributed by atoms with E-state index in [2.05, 4.69) is 5.32 Å². The molecule has 3 heteroatoms. The highest BCUT2D eigenvalue weighted by molar-refractivity contribution is 5.02. The normalized spacial score (nSPS) is 27.8. The van der Waals surface area contributed by atoms with Crippen LogP contribution in [-0.2, 0) is 6.42 Å². The molecule has 2 heterocycles. The summed E-state index contributed by atoms with van der Waals surface area (Å²) < 4.78 is 5.31. The second-order valence-corrected chi connectivity index (χ2v) is 3.93. The van der Waals surface area contributed by atoms with Gasteiger partial charge in [-0.1, -0.05) is 0 Å². The predicted octanol–water partition coefficient (Wildman–Crippen LogP) is 1.18. The molecular formula is C11H17NO2. The van der Waals surface area contributed by atoms with Crippen molar-refractivity contribution in [2.45, 2.75) is 25.3 Å². The molecule has 0 radical (unpaired) electrons. The van der Waals surface area contributed by atoms with Gasteiger partial charge in [-0.15, -0.1) is 0 Å². The molecule has 3 nitrogen and oxygen atoms in total. The lowest BCUT2D eigenvalue weighted by atomic mass is 9.89. The summed E-state index contributed by atoms with van der Waals surface area (Å²) >= 11 is 0. The first kappa shape index (κ1) is 9.74. The molecule has 14 heavy (non-hydrogen) atoms. The Morgan fingerprint density at radius 3 is 3.21 bits per heavy atom. The highest BCUT2D eigenvalue weighted by Crippen LogP contribution is 2.19. The molecule has 0 aliphatic carbocycles. The quantitative estimate of drug-likeness (QED) is 0.761. The van der Waals surface area contributed by atoms with Gasteiger partial charge >= 0.3 is 0 Å². The molecule has 1 saturated heterocycles. The van der Waals surface area contributed by atoms with Gasteiger partial charge in [-0.05, 0) is 37.4 Å². The summed E-state index contributed by atoms with van der Waals surface area (Å²) in [6.45, 7) is 1.33. The van der Waals surface area contributed by atoms with Gasteiger partial charge < -0.3 is 14.8 Å². The van der Waals surface area contributed by atoms with Crippen molar-refractivity contribution >= 4 is 0 Å². The van der Waals surface area contributed by atoms with Crippen LogP contribution in [0.2, 0.25) is 0 Å². The average molecular weight is 195 g/mol. The first-order valence-electron chi connectivity index (χ1n) is 5.27. The van der Waals surface area contributed by atoms with E-state index in [0.29, 0.717) is 12.0 Å². The lowest BCUT2D eigenvalue weighted by molar-refractivity contribution is 0.156. The Kier molecular flexibility index (Phi) is 3.22. The number of aliphatic hydroxyl groups is 1. The number of aliphatic hydroxyl groups excluding tert-OH is 1. The van der Waals surface area contributed by atoms with Crippen molar-refractivity contribution < 1.29 is 9.52 Å². The van der Waals surface area contributed by atoms with E-state index in [4.69, 9.17) is 4.42 Å². The van der Waals surface area contributed by atoms with E-state index in [-0.39, 0.29) is 6.61 Å². The topological polar surface area (TPSA) is 45.4 Å². The van der Waals surface area contributed by atoms with Crippen LogP contribution in [0.3, 0.4) is 0 Å². The lowest BCUT2D eigenvalue weighted by Gasteiger charge is -2.30. The standard InChI is InChI=1S/C11H17NO2/c13-8-9-3-1-5-12-11(9)7-10-4-2-6-14-10/h2,4,6,9,11-13H,1,3,5,7-8H2. The van der Waals surface area contributed by atoms with Crippen LogP contribution in [0.4, 0.5) is 0 Å². The van der Waals surface area contributed by atoms with Crippen LogP contribution in [0.25, 0.3) is 0 Å². The molecular weight excluding hydrogens is 178 g/mol. The molecule has 1 aromatic rings. The maximum atomic E-state index is 9.22. The zero-order chi connectivity index (χ0) is 9.80. The van der Waals surface area contributed by atoms with E-state index in [0.717, 1.165) is 25.1 Å². The van der Waals surface area contributed by atoms with Crippen molar-refractivity contribution in [3.8, 4) is 0 Å². The molecule has 0 saturated carbocycles. The fraction of sp³-hybridized carbons (Fsp3) is 0.636. The van der Waals surface area contributed by atoms with E-state index in [1.165, 1.54) is 6.42 Å². The molecule has 2 rings (SSSR count). The number of rotatable bonds is 3. The highest BCUT2D eigenvalue weighted by atomic mass is 16.3. The van der Waals surface area contributed by atoms with E-state index in [1.807, 2.05) is 12.1 Å². The van der Waals surface area contributed by atoms with E-state index < -0.39 is 0 Å². The van der Waals surface area contributed by atoms with Crippen LogP contribution in [-0.4, -0.2) is 24.3 Å². The van der Waals surface area contributed by atoms with Gasteiger partial charge in [0.1, 0.15) is 5.76 Å². The summed E-state index contributed by atoms with van der Waals surface area (Å²) in [6.07, 6.45) is 4.87. The number of furan rings is 1. The molecule has 2 N–H and O–H groups in total. The first-order chi connectivity index (χ1) is 6.90. The SMILES string of the molecule is OCC1CCCNC1Cc1ccco1. The van der Waals surface area contributed by atoms with Gasteiger partial charge in [0.2, 0.25) is 0 Å².